The van der Waals surface area contributed by atoms with Crippen LogP contribution < -0.4 is 4.74 Å². The average molecular weight is 524 g/mol. The van der Waals surface area contributed by atoms with Crippen LogP contribution in [-0.4, -0.2) is 27.1 Å². The summed E-state index contributed by atoms with van der Waals surface area (Å²) in [5, 5.41) is 4.99. The number of hydrogen-bond donors (Lipinski definition) is 0. The number of carbonyl (C=O) groups is 1. The number of nitrogens with zero attached hydrogens (tertiary/aromatic N) is 3. The number of hydrogen-bond acceptors (Lipinski definition) is 6. The Morgan fingerprint density at radius 2 is 1.62 bits per heavy atom. The van der Waals surface area contributed by atoms with Gasteiger partial charge < -0.3 is 9.57 Å². The molecule has 1 unspecified atom stereocenters. The number of aromatic nitrogens is 2. The first-order valence-electron chi connectivity index (χ1n) is 11.2. The summed E-state index contributed by atoms with van der Waals surface area (Å²) in [4.78, 5) is 19.5. The lowest BCUT2D eigenvalue weighted by Gasteiger charge is -2.28. The lowest BCUT2D eigenvalue weighted by Crippen LogP contribution is -2.29. The van der Waals surface area contributed by atoms with Crippen LogP contribution >= 0.6 is 11.8 Å². The highest BCUT2D eigenvalue weighted by atomic mass is 32.2. The molecule has 1 aromatic heterocycles. The number of benzene rings is 3. The van der Waals surface area contributed by atoms with E-state index in [-0.39, 0.29) is 17.0 Å². The van der Waals surface area contributed by atoms with E-state index in [1.54, 1.807) is 84.9 Å². The highest BCUT2D eigenvalue weighted by Gasteiger charge is 2.45. The minimum atomic E-state index is -4.82. The van der Waals surface area contributed by atoms with Gasteiger partial charge in [-0.3, -0.25) is 0 Å². The first-order chi connectivity index (χ1) is 17.9. The van der Waals surface area contributed by atoms with E-state index < -0.39 is 23.9 Å². The van der Waals surface area contributed by atoms with Gasteiger partial charge in [-0.2, -0.15) is 28.0 Å². The van der Waals surface area contributed by atoms with Crippen molar-refractivity contribution in [2.75, 3.05) is 6.26 Å². The SMILES string of the molecule is CSc1ccc(C2c3c(C(F)(F)F)nn(-c4ccccc4)c3OC=CN2OC(=O)c2ccccc2)cc1. The minimum absolute atomic E-state index is 0.132. The molecule has 0 spiro atoms. The Bertz CT molecular complexity index is 1420. The van der Waals surface area contributed by atoms with Gasteiger partial charge in [0.25, 0.3) is 0 Å². The topological polar surface area (TPSA) is 56.6 Å². The van der Waals surface area contributed by atoms with E-state index in [0.29, 0.717) is 11.3 Å². The molecular weight excluding hydrogens is 503 g/mol. The van der Waals surface area contributed by atoms with Crippen molar-refractivity contribution in [3.63, 3.8) is 0 Å². The van der Waals surface area contributed by atoms with Crippen LogP contribution in [0.15, 0.2) is 102 Å². The van der Waals surface area contributed by atoms with Crippen LogP contribution in [0.2, 0.25) is 0 Å². The van der Waals surface area contributed by atoms with E-state index in [9.17, 15) is 18.0 Å². The Hall–Kier alpha value is -4.18. The molecule has 2 heterocycles. The van der Waals surface area contributed by atoms with Crippen molar-refractivity contribution in [1.29, 1.82) is 0 Å². The predicted molar refractivity (Wildman–Crippen MR) is 132 cm³/mol. The zero-order valence-electron chi connectivity index (χ0n) is 19.4. The van der Waals surface area contributed by atoms with Gasteiger partial charge in [0, 0.05) is 4.90 Å². The van der Waals surface area contributed by atoms with E-state index >= 15 is 0 Å². The molecule has 0 N–H and O–H groups in total. The maximum absolute atomic E-state index is 14.4. The van der Waals surface area contributed by atoms with Gasteiger partial charge in [0.15, 0.2) is 5.69 Å². The number of ether oxygens (including phenoxy) is 1. The number of hydroxylamine groups is 2. The van der Waals surface area contributed by atoms with Crippen LogP contribution in [0.3, 0.4) is 0 Å². The Kier molecular flexibility index (Phi) is 6.66. The number of halogens is 3. The van der Waals surface area contributed by atoms with Crippen molar-refractivity contribution in [3.8, 4) is 11.6 Å². The number of rotatable bonds is 5. The number of fused-ring (bicyclic) bond motifs is 1. The van der Waals surface area contributed by atoms with Crippen molar-refractivity contribution in [1.82, 2.24) is 14.8 Å². The van der Waals surface area contributed by atoms with Gasteiger partial charge in [-0.15, -0.1) is 11.8 Å². The van der Waals surface area contributed by atoms with Gasteiger partial charge in [-0.25, -0.2) is 4.79 Å². The van der Waals surface area contributed by atoms with Gasteiger partial charge in [-0.1, -0.05) is 48.5 Å². The number of carbonyl (C=O) groups excluding carboxylic acids is 1. The van der Waals surface area contributed by atoms with Crippen LogP contribution in [0.4, 0.5) is 13.2 Å². The Balaban J connectivity index is 1.70. The molecule has 0 aliphatic carbocycles. The summed E-state index contributed by atoms with van der Waals surface area (Å²) >= 11 is 1.50. The van der Waals surface area contributed by atoms with Gasteiger partial charge in [0.05, 0.1) is 23.0 Å². The molecule has 4 aromatic rings. The van der Waals surface area contributed by atoms with Crippen LogP contribution in [-0.2, 0) is 11.0 Å². The Labute approximate surface area is 214 Å². The largest absolute Gasteiger partial charge is 0.445 e. The van der Waals surface area contributed by atoms with Crippen LogP contribution in [0.25, 0.3) is 5.69 Å². The Morgan fingerprint density at radius 1 is 0.973 bits per heavy atom. The molecule has 1 aliphatic heterocycles. The van der Waals surface area contributed by atoms with Crippen LogP contribution in [0.5, 0.6) is 5.88 Å². The maximum Gasteiger partial charge on any atom is 0.435 e. The third-order valence-electron chi connectivity index (χ3n) is 5.69. The highest BCUT2D eigenvalue weighted by Crippen LogP contribution is 2.46. The van der Waals surface area contributed by atoms with E-state index in [2.05, 4.69) is 5.10 Å². The number of alkyl halides is 3. The summed E-state index contributed by atoms with van der Waals surface area (Å²) in [6, 6.07) is 22.4. The van der Waals surface area contributed by atoms with Crippen molar-refractivity contribution >= 4 is 17.7 Å². The zero-order chi connectivity index (χ0) is 26.0. The lowest BCUT2D eigenvalue weighted by atomic mass is 9.98. The molecule has 37 heavy (non-hydrogen) atoms. The predicted octanol–water partition coefficient (Wildman–Crippen LogP) is 6.64. The van der Waals surface area contributed by atoms with Gasteiger partial charge >= 0.3 is 12.1 Å². The molecule has 0 amide bonds. The van der Waals surface area contributed by atoms with Crippen molar-refractivity contribution in [2.24, 2.45) is 0 Å². The molecule has 3 aromatic carbocycles. The minimum Gasteiger partial charge on any atom is -0.445 e. The van der Waals surface area contributed by atoms with E-state index in [1.165, 1.54) is 24.2 Å². The highest BCUT2D eigenvalue weighted by molar-refractivity contribution is 7.98. The molecule has 6 nitrogen and oxygen atoms in total. The van der Waals surface area contributed by atoms with E-state index in [1.807, 2.05) is 6.26 Å². The molecule has 5 rings (SSSR count). The van der Waals surface area contributed by atoms with Crippen LogP contribution in [0, 0.1) is 0 Å². The molecular formula is C27H20F3N3O3S. The fourth-order valence-corrected chi connectivity index (χ4v) is 4.41. The first-order valence-corrected chi connectivity index (χ1v) is 12.4. The van der Waals surface area contributed by atoms with Crippen molar-refractivity contribution < 1.29 is 27.5 Å². The van der Waals surface area contributed by atoms with Gasteiger partial charge in [0.1, 0.15) is 12.3 Å². The normalized spacial score (nSPS) is 15.0. The maximum atomic E-state index is 14.4. The fourth-order valence-electron chi connectivity index (χ4n) is 4.00. The quantitative estimate of drug-likeness (QED) is 0.274. The summed E-state index contributed by atoms with van der Waals surface area (Å²) in [6.45, 7) is 0. The number of para-hydroxylation sites is 1. The summed E-state index contributed by atoms with van der Waals surface area (Å²) in [7, 11) is 0. The second-order valence-electron chi connectivity index (χ2n) is 8.00. The number of thioether (sulfide) groups is 1. The van der Waals surface area contributed by atoms with E-state index in [4.69, 9.17) is 9.57 Å². The summed E-state index contributed by atoms with van der Waals surface area (Å²) < 4.78 is 50.1. The fraction of sp³-hybridized carbons (Fsp3) is 0.111. The summed E-state index contributed by atoms with van der Waals surface area (Å²) in [6.07, 6.45) is -0.447. The molecule has 1 aliphatic rings. The third kappa shape index (κ3) is 4.92. The lowest BCUT2D eigenvalue weighted by molar-refractivity contribution is -0.144. The standard InChI is InChI=1S/C27H20F3N3O3S/c1-37-21-14-12-18(13-15-21)23-22-24(27(28,29)30)31-33(20-10-6-3-7-11-20)25(22)35-17-16-32(23)36-26(34)19-8-4-2-5-9-19/h2-17,23H,1H3. The third-order valence-corrected chi connectivity index (χ3v) is 6.44. The van der Waals surface area contributed by atoms with Crippen molar-refractivity contribution in [2.45, 2.75) is 17.1 Å². The molecule has 0 fully saturated rings. The first kappa shape index (κ1) is 24.5. The van der Waals surface area contributed by atoms with Crippen molar-refractivity contribution in [3.05, 3.63) is 120 Å². The zero-order valence-corrected chi connectivity index (χ0v) is 20.2. The van der Waals surface area contributed by atoms with Crippen LogP contribution in [0.1, 0.15) is 33.2 Å². The molecule has 0 bridgehead atoms. The second-order valence-corrected chi connectivity index (χ2v) is 8.88. The van der Waals surface area contributed by atoms with Gasteiger partial charge in [0.2, 0.25) is 5.88 Å². The second kappa shape index (κ2) is 10.1. The van der Waals surface area contributed by atoms with E-state index in [0.717, 1.165) is 14.6 Å². The molecule has 1 atom stereocenters. The molecule has 0 saturated carbocycles. The van der Waals surface area contributed by atoms with Gasteiger partial charge in [-0.05, 0) is 48.2 Å². The Morgan fingerprint density at radius 3 is 2.24 bits per heavy atom. The average Bonchev–Trinajstić information content (AvgIpc) is 3.20. The summed E-state index contributed by atoms with van der Waals surface area (Å²) in [5.74, 6) is -0.865. The monoisotopic (exact) mass is 523 g/mol. The summed E-state index contributed by atoms with van der Waals surface area (Å²) in [5.41, 5.74) is -0.343. The molecule has 188 valence electrons. The molecule has 0 saturated heterocycles. The molecule has 0 radical (unpaired) electrons. The molecule has 10 heteroatoms. The smallest absolute Gasteiger partial charge is 0.435 e.